The average molecular weight is 307 g/mol. The summed E-state index contributed by atoms with van der Waals surface area (Å²) in [6, 6.07) is 4.99. The molecule has 122 valence electrons. The van der Waals surface area contributed by atoms with Gasteiger partial charge >= 0.3 is 0 Å². The van der Waals surface area contributed by atoms with Crippen molar-refractivity contribution in [2.45, 2.75) is 31.7 Å². The van der Waals surface area contributed by atoms with E-state index in [9.17, 15) is 14.7 Å². The van der Waals surface area contributed by atoms with Gasteiger partial charge < -0.3 is 15.0 Å². The SMILES string of the molecule is Cn1c(C(=O)NCCCCN2CCCC2CO)cccc1=O. The van der Waals surface area contributed by atoms with E-state index in [4.69, 9.17) is 0 Å². The highest BCUT2D eigenvalue weighted by Gasteiger charge is 2.22. The van der Waals surface area contributed by atoms with Gasteiger partial charge in [-0.15, -0.1) is 0 Å². The number of likely N-dealkylation sites (tertiary alicyclic amines) is 1. The average Bonchev–Trinajstić information content (AvgIpc) is 2.97. The first-order valence-corrected chi connectivity index (χ1v) is 7.92. The standard InChI is InChI=1S/C16H25N3O3/c1-18-14(7-4-8-15(18)21)16(22)17-9-2-3-10-19-11-5-6-13(19)12-20/h4,7-8,13,20H,2-3,5-6,9-12H2,1H3,(H,17,22). The first-order chi connectivity index (χ1) is 10.6. The van der Waals surface area contributed by atoms with Gasteiger partial charge in [-0.2, -0.15) is 0 Å². The smallest absolute Gasteiger partial charge is 0.267 e. The van der Waals surface area contributed by atoms with Gasteiger partial charge in [0, 0.05) is 25.7 Å². The highest BCUT2D eigenvalue weighted by atomic mass is 16.3. The van der Waals surface area contributed by atoms with Gasteiger partial charge in [-0.3, -0.25) is 14.5 Å². The lowest BCUT2D eigenvalue weighted by atomic mass is 10.2. The van der Waals surface area contributed by atoms with Crippen molar-refractivity contribution in [2.24, 2.45) is 7.05 Å². The van der Waals surface area contributed by atoms with E-state index in [1.54, 1.807) is 19.2 Å². The van der Waals surface area contributed by atoms with Crippen LogP contribution in [0.25, 0.3) is 0 Å². The van der Waals surface area contributed by atoms with Crippen molar-refractivity contribution in [1.29, 1.82) is 0 Å². The summed E-state index contributed by atoms with van der Waals surface area (Å²) in [6.45, 7) is 2.85. The van der Waals surface area contributed by atoms with Crippen LogP contribution in [0.5, 0.6) is 0 Å². The molecule has 2 heterocycles. The molecular formula is C16H25N3O3. The molecule has 2 rings (SSSR count). The Bertz CT molecular complexity index is 556. The van der Waals surface area contributed by atoms with Gasteiger partial charge in [-0.1, -0.05) is 6.07 Å². The lowest BCUT2D eigenvalue weighted by Crippen LogP contribution is -2.34. The van der Waals surface area contributed by atoms with Crippen molar-refractivity contribution in [2.75, 3.05) is 26.2 Å². The lowest BCUT2D eigenvalue weighted by Gasteiger charge is -2.22. The summed E-state index contributed by atoms with van der Waals surface area (Å²) >= 11 is 0. The monoisotopic (exact) mass is 307 g/mol. The van der Waals surface area contributed by atoms with Crippen LogP contribution in [-0.2, 0) is 7.05 Å². The number of nitrogens with zero attached hydrogens (tertiary/aromatic N) is 2. The van der Waals surface area contributed by atoms with Crippen LogP contribution in [0.4, 0.5) is 0 Å². The number of unbranched alkanes of at least 4 members (excludes halogenated alkanes) is 1. The van der Waals surface area contributed by atoms with E-state index in [-0.39, 0.29) is 18.1 Å². The third-order valence-corrected chi connectivity index (χ3v) is 4.28. The number of aromatic nitrogens is 1. The summed E-state index contributed by atoms with van der Waals surface area (Å²) in [5.41, 5.74) is 0.198. The lowest BCUT2D eigenvalue weighted by molar-refractivity contribution is 0.0943. The minimum atomic E-state index is -0.213. The molecule has 1 amide bonds. The zero-order valence-electron chi connectivity index (χ0n) is 13.1. The number of aliphatic hydroxyl groups excluding tert-OH is 1. The van der Waals surface area contributed by atoms with Crippen LogP contribution in [0.2, 0.25) is 0 Å². The van der Waals surface area contributed by atoms with Crippen molar-refractivity contribution in [3.63, 3.8) is 0 Å². The highest BCUT2D eigenvalue weighted by Crippen LogP contribution is 2.16. The molecule has 0 aromatic carbocycles. The maximum absolute atomic E-state index is 12.0. The van der Waals surface area contributed by atoms with E-state index in [1.165, 1.54) is 10.6 Å². The summed E-state index contributed by atoms with van der Waals surface area (Å²) < 4.78 is 1.35. The van der Waals surface area contributed by atoms with Crippen LogP contribution >= 0.6 is 0 Å². The first-order valence-electron chi connectivity index (χ1n) is 7.92. The largest absolute Gasteiger partial charge is 0.395 e. The first kappa shape index (κ1) is 16.7. The number of carbonyl (C=O) groups excluding carboxylic acids is 1. The van der Waals surface area contributed by atoms with Gasteiger partial charge in [0.05, 0.1) is 6.61 Å². The second kappa shape index (κ2) is 8.10. The number of carbonyl (C=O) groups is 1. The number of aliphatic hydroxyl groups is 1. The van der Waals surface area contributed by atoms with Gasteiger partial charge in [0.1, 0.15) is 5.69 Å². The Morgan fingerprint density at radius 1 is 1.41 bits per heavy atom. The van der Waals surface area contributed by atoms with Crippen LogP contribution in [0.3, 0.4) is 0 Å². The summed E-state index contributed by atoms with van der Waals surface area (Å²) in [6.07, 6.45) is 4.12. The van der Waals surface area contributed by atoms with Crippen LogP contribution in [0.1, 0.15) is 36.2 Å². The Balaban J connectivity index is 1.69. The minimum absolute atomic E-state index is 0.184. The number of hydrogen-bond donors (Lipinski definition) is 2. The van der Waals surface area contributed by atoms with Crippen LogP contribution in [-0.4, -0.2) is 52.8 Å². The fourth-order valence-electron chi connectivity index (χ4n) is 2.92. The highest BCUT2D eigenvalue weighted by molar-refractivity contribution is 5.92. The van der Waals surface area contributed by atoms with Crippen molar-refractivity contribution >= 4 is 5.91 Å². The molecule has 0 saturated carbocycles. The van der Waals surface area contributed by atoms with Gasteiger partial charge in [0.15, 0.2) is 0 Å². The van der Waals surface area contributed by atoms with E-state index >= 15 is 0 Å². The molecule has 1 unspecified atom stereocenters. The van der Waals surface area contributed by atoms with Gasteiger partial charge in [-0.25, -0.2) is 0 Å². The number of rotatable bonds is 7. The fourth-order valence-corrected chi connectivity index (χ4v) is 2.92. The molecule has 1 aliphatic rings. The Hall–Kier alpha value is -1.66. The van der Waals surface area contributed by atoms with Crippen LogP contribution in [0.15, 0.2) is 23.0 Å². The number of amides is 1. The molecule has 1 aromatic heterocycles. The summed E-state index contributed by atoms with van der Waals surface area (Å²) in [7, 11) is 1.60. The zero-order chi connectivity index (χ0) is 15.9. The molecule has 1 aliphatic heterocycles. The molecule has 1 aromatic rings. The minimum Gasteiger partial charge on any atom is -0.395 e. The van der Waals surface area contributed by atoms with Crippen molar-refractivity contribution in [1.82, 2.24) is 14.8 Å². The quantitative estimate of drug-likeness (QED) is 0.713. The van der Waals surface area contributed by atoms with Crippen LogP contribution in [0, 0.1) is 0 Å². The summed E-state index contributed by atoms with van der Waals surface area (Å²) in [4.78, 5) is 25.8. The number of pyridine rings is 1. The second-order valence-corrected chi connectivity index (χ2v) is 5.79. The summed E-state index contributed by atoms with van der Waals surface area (Å²) in [5.74, 6) is -0.213. The molecule has 6 nitrogen and oxygen atoms in total. The fraction of sp³-hybridized carbons (Fsp3) is 0.625. The Morgan fingerprint density at radius 3 is 3.00 bits per heavy atom. The Kier molecular flexibility index (Phi) is 6.15. The van der Waals surface area contributed by atoms with Gasteiger partial charge in [-0.05, 0) is 44.8 Å². The third-order valence-electron chi connectivity index (χ3n) is 4.28. The van der Waals surface area contributed by atoms with Crippen molar-refractivity contribution in [3.05, 3.63) is 34.2 Å². The van der Waals surface area contributed by atoms with Gasteiger partial charge in [0.25, 0.3) is 11.5 Å². The van der Waals surface area contributed by atoms with Crippen molar-refractivity contribution in [3.8, 4) is 0 Å². The number of nitrogens with one attached hydrogen (secondary N) is 1. The third kappa shape index (κ3) is 4.18. The predicted molar refractivity (Wildman–Crippen MR) is 84.9 cm³/mol. The Morgan fingerprint density at radius 2 is 2.23 bits per heavy atom. The topological polar surface area (TPSA) is 74.6 Å². The molecule has 1 fully saturated rings. The molecule has 1 saturated heterocycles. The molecule has 0 radical (unpaired) electrons. The van der Waals surface area contributed by atoms with E-state index in [0.717, 1.165) is 38.8 Å². The van der Waals surface area contributed by atoms with E-state index < -0.39 is 0 Å². The molecule has 0 bridgehead atoms. The molecule has 0 aliphatic carbocycles. The maximum Gasteiger partial charge on any atom is 0.267 e. The molecule has 1 atom stereocenters. The van der Waals surface area contributed by atoms with E-state index in [2.05, 4.69) is 10.2 Å². The van der Waals surface area contributed by atoms with E-state index in [0.29, 0.717) is 18.3 Å². The predicted octanol–water partition coefficient (Wildman–Crippen LogP) is 0.352. The number of hydrogen-bond acceptors (Lipinski definition) is 4. The Labute approximate surface area is 130 Å². The van der Waals surface area contributed by atoms with E-state index in [1.807, 2.05) is 0 Å². The van der Waals surface area contributed by atoms with Crippen molar-refractivity contribution < 1.29 is 9.90 Å². The zero-order valence-corrected chi connectivity index (χ0v) is 13.1. The molecule has 6 heteroatoms. The normalized spacial score (nSPS) is 18.5. The molecule has 2 N–H and O–H groups in total. The molecular weight excluding hydrogens is 282 g/mol. The summed E-state index contributed by atoms with van der Waals surface area (Å²) in [5, 5.41) is 12.1. The second-order valence-electron chi connectivity index (χ2n) is 5.79. The molecule has 22 heavy (non-hydrogen) atoms. The van der Waals surface area contributed by atoms with Crippen LogP contribution < -0.4 is 10.9 Å². The molecule has 0 spiro atoms. The maximum atomic E-state index is 12.0. The van der Waals surface area contributed by atoms with Gasteiger partial charge in [0.2, 0.25) is 0 Å².